The molecule has 5 heteroatoms. The zero-order chi connectivity index (χ0) is 25.3. The van der Waals surface area contributed by atoms with E-state index in [2.05, 4.69) is 12.5 Å². The van der Waals surface area contributed by atoms with Crippen molar-refractivity contribution in [3.05, 3.63) is 42.0 Å². The Bertz CT molecular complexity index is 1000. The number of rotatable bonds is 4. The highest BCUT2D eigenvalue weighted by Gasteiger charge is 2.31. The fraction of sp³-hybridized carbons (Fsp3) is 0.389. The molecule has 0 heterocycles. The molecule has 0 radical (unpaired) electrons. The molecule has 1 aromatic carbocycles. The van der Waals surface area contributed by atoms with Gasteiger partial charge in [-0.2, -0.15) is 0 Å². The standard InChI is InChI=1S/C18H23NO3S/c1-7-8-17(20)19(13-15(3)18(4,5)6)23(21,22)16-11-9-14(2)10-12-16/h9-12H,3,13H2,1-2,4-6H3/i4D3,5D3,6D3. The maximum atomic E-state index is 13.1. The van der Waals surface area contributed by atoms with Crippen LogP contribution in [0.1, 0.15) is 45.4 Å². The Hall–Kier alpha value is -2.06. The van der Waals surface area contributed by atoms with Gasteiger partial charge in [0, 0.05) is 12.3 Å². The molecule has 0 saturated heterocycles. The van der Waals surface area contributed by atoms with Gasteiger partial charge >= 0.3 is 5.91 Å². The zero-order valence-corrected chi connectivity index (χ0v) is 13.6. The normalized spacial score (nSPS) is 18.8. The summed E-state index contributed by atoms with van der Waals surface area (Å²) in [6.07, 6.45) is 0. The topological polar surface area (TPSA) is 54.5 Å². The largest absolute Gasteiger partial charge is 0.312 e. The van der Waals surface area contributed by atoms with E-state index < -0.39 is 54.0 Å². The number of carbonyl (C=O) groups excluding carboxylic acids is 1. The first-order valence-corrected chi connectivity index (χ1v) is 7.93. The van der Waals surface area contributed by atoms with Crippen LogP contribution in [0.15, 0.2) is 41.3 Å². The van der Waals surface area contributed by atoms with Crippen LogP contribution in [-0.4, -0.2) is 25.2 Å². The van der Waals surface area contributed by atoms with Gasteiger partial charge in [-0.3, -0.25) is 4.79 Å². The summed E-state index contributed by atoms with van der Waals surface area (Å²) in [5.74, 6) is 2.91. The van der Waals surface area contributed by atoms with E-state index in [-0.39, 0.29) is 9.20 Å². The van der Waals surface area contributed by atoms with Crippen LogP contribution in [0.25, 0.3) is 0 Å². The molecule has 1 rings (SSSR count). The molecular weight excluding hydrogens is 310 g/mol. The number of nitrogens with zero attached hydrogens (tertiary/aromatic N) is 1. The molecule has 0 spiro atoms. The highest BCUT2D eigenvalue weighted by atomic mass is 32.2. The van der Waals surface area contributed by atoms with E-state index >= 15 is 0 Å². The van der Waals surface area contributed by atoms with Crippen LogP contribution in [-0.2, 0) is 14.8 Å². The molecule has 0 N–H and O–H groups in total. The fourth-order valence-electron chi connectivity index (χ4n) is 1.56. The number of hydrogen-bond acceptors (Lipinski definition) is 3. The van der Waals surface area contributed by atoms with E-state index in [9.17, 15) is 13.2 Å². The molecular formula is C18H23NO3S. The Labute approximate surface area is 151 Å². The van der Waals surface area contributed by atoms with Crippen molar-refractivity contribution in [2.45, 2.75) is 39.3 Å². The third-order valence-corrected chi connectivity index (χ3v) is 4.68. The quantitative estimate of drug-likeness (QED) is 0.624. The van der Waals surface area contributed by atoms with E-state index in [1.54, 1.807) is 6.92 Å². The molecule has 1 aromatic rings. The number of amides is 1. The van der Waals surface area contributed by atoms with Crippen LogP contribution in [0, 0.1) is 24.2 Å². The van der Waals surface area contributed by atoms with Gasteiger partial charge in [-0.15, -0.1) is 0 Å². The minimum absolute atomic E-state index is 0.133. The van der Waals surface area contributed by atoms with Crippen molar-refractivity contribution in [2.24, 2.45) is 5.41 Å². The van der Waals surface area contributed by atoms with Crippen molar-refractivity contribution in [1.82, 2.24) is 4.31 Å². The highest BCUT2D eigenvalue weighted by Crippen LogP contribution is 2.26. The molecule has 1 amide bonds. The van der Waals surface area contributed by atoms with Crippen molar-refractivity contribution in [3.8, 4) is 11.8 Å². The second-order valence-electron chi connectivity index (χ2n) is 4.86. The molecule has 0 unspecified atom stereocenters. The summed E-state index contributed by atoms with van der Waals surface area (Å²) >= 11 is 0. The second kappa shape index (κ2) is 7.01. The Balaban J connectivity index is 3.78. The Kier molecular flexibility index (Phi) is 2.83. The van der Waals surface area contributed by atoms with Crippen molar-refractivity contribution >= 4 is 15.9 Å². The number of hydrogen-bond donors (Lipinski definition) is 0. The molecule has 0 aliphatic carbocycles. The van der Waals surface area contributed by atoms with Gasteiger partial charge in [-0.05, 0) is 37.3 Å². The van der Waals surface area contributed by atoms with E-state index in [1.165, 1.54) is 31.2 Å². The Morgan fingerprint density at radius 3 is 2.35 bits per heavy atom. The summed E-state index contributed by atoms with van der Waals surface area (Å²) in [5, 5.41) is 0. The Morgan fingerprint density at radius 2 is 1.87 bits per heavy atom. The zero-order valence-electron chi connectivity index (χ0n) is 21.8. The summed E-state index contributed by atoms with van der Waals surface area (Å²) in [5.41, 5.74) is -3.78. The van der Waals surface area contributed by atoms with Crippen molar-refractivity contribution in [1.29, 1.82) is 0 Å². The average Bonchev–Trinajstić information content (AvgIpc) is 2.56. The van der Waals surface area contributed by atoms with Crippen LogP contribution in [0.2, 0.25) is 0 Å². The fourth-order valence-corrected chi connectivity index (χ4v) is 2.89. The maximum Gasteiger partial charge on any atom is 0.312 e. The van der Waals surface area contributed by atoms with Crippen LogP contribution in [0.3, 0.4) is 0 Å². The summed E-state index contributed by atoms with van der Waals surface area (Å²) in [4.78, 5) is 12.2. The second-order valence-corrected chi connectivity index (χ2v) is 6.72. The van der Waals surface area contributed by atoms with E-state index in [0.717, 1.165) is 0 Å². The first-order valence-electron chi connectivity index (χ1n) is 11.0. The molecule has 0 atom stereocenters. The van der Waals surface area contributed by atoms with Crippen molar-refractivity contribution < 1.29 is 25.5 Å². The van der Waals surface area contributed by atoms with E-state index in [1.807, 2.05) is 5.92 Å². The van der Waals surface area contributed by atoms with Gasteiger partial charge in [0.1, 0.15) is 0 Å². The Morgan fingerprint density at radius 1 is 1.30 bits per heavy atom. The highest BCUT2D eigenvalue weighted by molar-refractivity contribution is 7.89. The van der Waals surface area contributed by atoms with E-state index in [0.29, 0.717) is 5.56 Å². The van der Waals surface area contributed by atoms with Gasteiger partial charge in [-0.25, -0.2) is 12.7 Å². The molecule has 124 valence electrons. The molecule has 0 aliphatic rings. The summed E-state index contributed by atoms with van der Waals surface area (Å²) in [6, 6.07) is 5.29. The lowest BCUT2D eigenvalue weighted by Gasteiger charge is -2.27. The molecule has 0 bridgehead atoms. The lowest BCUT2D eigenvalue weighted by molar-refractivity contribution is -0.120. The maximum absolute atomic E-state index is 13.1. The number of benzene rings is 1. The van der Waals surface area contributed by atoms with Gasteiger partial charge in [0.15, 0.2) is 0 Å². The van der Waals surface area contributed by atoms with Gasteiger partial charge in [0.25, 0.3) is 10.0 Å². The smallest absolute Gasteiger partial charge is 0.258 e. The molecule has 0 saturated carbocycles. The monoisotopic (exact) mass is 342 g/mol. The molecule has 23 heavy (non-hydrogen) atoms. The third kappa shape index (κ3) is 4.70. The van der Waals surface area contributed by atoms with Gasteiger partial charge < -0.3 is 0 Å². The first kappa shape index (κ1) is 9.29. The van der Waals surface area contributed by atoms with E-state index in [4.69, 9.17) is 12.3 Å². The SMILES string of the molecule is [2H]C([2H])([2H])C(C(=C)CN(C(=O)C#CC)S(=O)(=O)c1ccc(C)cc1)(C([2H])([2H])[2H])C([2H])([2H])[2H]. The predicted octanol–water partition coefficient (Wildman–Crippen LogP) is 3.14. The van der Waals surface area contributed by atoms with Crippen LogP contribution in [0.5, 0.6) is 0 Å². The van der Waals surface area contributed by atoms with Crippen LogP contribution in [0.4, 0.5) is 0 Å². The summed E-state index contributed by atoms with van der Waals surface area (Å²) < 4.78 is 96.0. The van der Waals surface area contributed by atoms with Crippen molar-refractivity contribution in [2.75, 3.05) is 6.54 Å². The molecule has 4 nitrogen and oxygen atoms in total. The van der Waals surface area contributed by atoms with Crippen LogP contribution < -0.4 is 0 Å². The average molecular weight is 343 g/mol. The predicted molar refractivity (Wildman–Crippen MR) is 92.1 cm³/mol. The lowest BCUT2D eigenvalue weighted by Crippen LogP contribution is -2.39. The lowest BCUT2D eigenvalue weighted by atomic mass is 9.87. The van der Waals surface area contributed by atoms with Crippen LogP contribution >= 0.6 is 0 Å². The van der Waals surface area contributed by atoms with Gasteiger partial charge in [-0.1, -0.05) is 56.3 Å². The summed E-state index contributed by atoms with van der Waals surface area (Å²) in [6.45, 7) is -5.84. The molecule has 0 fully saturated rings. The third-order valence-electron chi connectivity index (χ3n) is 2.93. The van der Waals surface area contributed by atoms with Gasteiger partial charge in [0.05, 0.1) is 11.4 Å². The number of aryl methyl sites for hydroxylation is 1. The minimum atomic E-state index is -4.66. The summed E-state index contributed by atoms with van der Waals surface area (Å²) in [7, 11) is -4.66. The minimum Gasteiger partial charge on any atom is -0.258 e. The molecule has 0 aromatic heterocycles. The number of sulfonamides is 1. The van der Waals surface area contributed by atoms with Gasteiger partial charge in [0.2, 0.25) is 0 Å². The first-order chi connectivity index (χ1) is 14.2. The van der Waals surface area contributed by atoms with Crippen molar-refractivity contribution in [3.63, 3.8) is 0 Å². The molecule has 0 aliphatic heterocycles. The number of carbonyl (C=O) groups is 1.